The minimum Gasteiger partial charge on any atom is -0.685 e. The van der Waals surface area contributed by atoms with E-state index in [0.29, 0.717) is 5.92 Å². The van der Waals surface area contributed by atoms with Crippen molar-refractivity contribution >= 4 is 38.5 Å². The fraction of sp³-hybridized carbons (Fsp3) is 0.467. The van der Waals surface area contributed by atoms with Crippen molar-refractivity contribution in [3.8, 4) is 11.3 Å². The van der Waals surface area contributed by atoms with Gasteiger partial charge in [-0.05, 0) is 70.4 Å². The van der Waals surface area contributed by atoms with Crippen LogP contribution in [0.3, 0.4) is 0 Å². The van der Waals surface area contributed by atoms with Gasteiger partial charge in [0.25, 0.3) is 0 Å². The van der Waals surface area contributed by atoms with Crippen LogP contribution in [-0.4, -0.2) is 16.8 Å². The van der Waals surface area contributed by atoms with Gasteiger partial charge < -0.3 is 9.73 Å². The van der Waals surface area contributed by atoms with E-state index in [-0.39, 0.29) is 54.1 Å². The van der Waals surface area contributed by atoms with Crippen LogP contribution in [0, 0.1) is 17.9 Å². The Morgan fingerprint density at radius 1 is 0.860 bits per heavy atom. The van der Waals surface area contributed by atoms with Crippen LogP contribution in [0.2, 0.25) is 0 Å². The molecule has 6 rings (SSSR count). The van der Waals surface area contributed by atoms with Crippen LogP contribution < -0.4 is 0 Å². The van der Waals surface area contributed by atoms with Crippen LogP contribution in [0.25, 0.3) is 49.3 Å². The molecule has 0 N–H and O–H groups in total. The van der Waals surface area contributed by atoms with E-state index in [9.17, 15) is 4.79 Å². The molecule has 3 aromatic carbocycles. The quantitative estimate of drug-likeness (QED) is 0.126. The van der Waals surface area contributed by atoms with Gasteiger partial charge in [-0.1, -0.05) is 119 Å². The minimum absolute atomic E-state index is 0. The average molecular weight is 849 g/mol. The third kappa shape index (κ3) is 8.10. The summed E-state index contributed by atoms with van der Waals surface area (Å²) in [6.45, 7) is 28.3. The molecule has 2 heterocycles. The molecule has 0 saturated carbocycles. The number of hydrogen-bond acceptors (Lipinski definition) is 3. The molecule has 0 unspecified atom stereocenters. The molecule has 0 bridgehead atoms. The monoisotopic (exact) mass is 849 g/mol. The summed E-state index contributed by atoms with van der Waals surface area (Å²) in [5, 5.41) is 9.12. The third-order valence-corrected chi connectivity index (χ3v) is 10.1. The molecule has 0 aliphatic heterocycles. The van der Waals surface area contributed by atoms with Gasteiger partial charge in [-0.2, -0.15) is 5.70 Å². The van der Waals surface area contributed by atoms with Crippen molar-refractivity contribution in [3.05, 3.63) is 94.6 Å². The molecular formula is C45H56IrN2O2-2. The first-order valence-corrected chi connectivity index (χ1v) is 18.1. The first-order chi connectivity index (χ1) is 22.8. The number of benzene rings is 3. The van der Waals surface area contributed by atoms with Crippen LogP contribution in [0.15, 0.2) is 70.9 Å². The number of carbonyl (C=O) groups is 1. The van der Waals surface area contributed by atoms with Gasteiger partial charge in [0.05, 0.1) is 0 Å². The normalized spacial score (nSPS) is 15.6. The number of ketones is 1. The van der Waals surface area contributed by atoms with E-state index in [1.165, 1.54) is 40.3 Å². The van der Waals surface area contributed by atoms with Gasteiger partial charge in [0, 0.05) is 48.7 Å². The molecule has 1 aliphatic rings. The van der Waals surface area contributed by atoms with Crippen LogP contribution in [-0.2, 0) is 41.1 Å². The van der Waals surface area contributed by atoms with Crippen molar-refractivity contribution in [2.24, 2.45) is 11.8 Å². The number of hydrogen-bond donors (Lipinski definition) is 0. The largest absolute Gasteiger partial charge is 0.685 e. The Kier molecular flexibility index (Phi) is 11.7. The van der Waals surface area contributed by atoms with Crippen LogP contribution in [0.1, 0.15) is 120 Å². The molecule has 269 valence electrons. The maximum absolute atomic E-state index is 11.5. The topological polar surface area (TPSA) is 57.2 Å². The first kappa shape index (κ1) is 39.5. The summed E-state index contributed by atoms with van der Waals surface area (Å²) in [5.41, 5.74) is 9.06. The molecule has 1 radical (unpaired) electrons. The van der Waals surface area contributed by atoms with Crippen molar-refractivity contribution in [1.82, 2.24) is 4.98 Å². The Morgan fingerprint density at radius 3 is 2.06 bits per heavy atom. The number of nitrogens with zero attached hydrogens (tertiary/aromatic N) is 2. The zero-order valence-corrected chi connectivity index (χ0v) is 34.9. The second kappa shape index (κ2) is 14.8. The second-order valence-corrected chi connectivity index (χ2v) is 17.2. The summed E-state index contributed by atoms with van der Waals surface area (Å²) in [4.78, 5) is 16.3. The fourth-order valence-corrected chi connectivity index (χ4v) is 6.90. The molecule has 4 nitrogen and oxygen atoms in total. The third-order valence-electron chi connectivity index (χ3n) is 10.1. The predicted molar refractivity (Wildman–Crippen MR) is 209 cm³/mol. The molecule has 0 fully saturated rings. The van der Waals surface area contributed by atoms with Crippen molar-refractivity contribution in [2.75, 3.05) is 0 Å². The number of fused-ring (bicyclic) bond motifs is 5. The predicted octanol–water partition coefficient (Wildman–Crippen LogP) is 12.8. The zero-order chi connectivity index (χ0) is 36.1. The average Bonchev–Trinajstić information content (AvgIpc) is 3.39. The van der Waals surface area contributed by atoms with E-state index < -0.39 is 0 Å². The van der Waals surface area contributed by atoms with E-state index in [2.05, 4.69) is 122 Å². The fourth-order valence-electron chi connectivity index (χ4n) is 6.90. The summed E-state index contributed by atoms with van der Waals surface area (Å²) in [6.07, 6.45) is 5.99. The Morgan fingerprint density at radius 2 is 1.48 bits per heavy atom. The Hall–Kier alpha value is -3.27. The summed E-state index contributed by atoms with van der Waals surface area (Å²) < 4.78 is 6.62. The number of allylic oxidation sites excluding steroid dienone is 2. The number of carbonyl (C=O) groups excluding carboxylic acids is 1. The maximum Gasteiger partial charge on any atom is 0.156 e. The number of rotatable bonds is 6. The summed E-state index contributed by atoms with van der Waals surface area (Å²) in [5.74, 6) is 0.546. The van der Waals surface area contributed by atoms with E-state index >= 15 is 0 Å². The van der Waals surface area contributed by atoms with Gasteiger partial charge in [0.2, 0.25) is 0 Å². The van der Waals surface area contributed by atoms with Crippen molar-refractivity contribution in [2.45, 2.75) is 125 Å². The van der Waals surface area contributed by atoms with Gasteiger partial charge in [-0.25, -0.2) is 0 Å². The van der Waals surface area contributed by atoms with Gasteiger partial charge in [-0.15, -0.1) is 35.2 Å². The molecule has 0 atom stereocenters. The van der Waals surface area contributed by atoms with Crippen LogP contribution in [0.4, 0.5) is 0 Å². The number of furan rings is 1. The van der Waals surface area contributed by atoms with Crippen molar-refractivity contribution in [1.29, 1.82) is 0 Å². The Bertz CT molecular complexity index is 2040. The molecule has 0 saturated heterocycles. The van der Waals surface area contributed by atoms with Crippen LogP contribution in [0.5, 0.6) is 0 Å². The molecule has 0 spiro atoms. The molecule has 1 aliphatic carbocycles. The van der Waals surface area contributed by atoms with Gasteiger partial charge in [-0.3, -0.25) is 9.78 Å². The SMILES string of the molecule is CC(C)(C)c1cc(-c2nccc3c2oc2cc4c(cc23)C(C)(C)CCC4(C)C)[c-]c2ccccc12.CC(C)[N-]/C(=C\C(=O)C(C)C)C(C)C.[Ir]. The molecule has 0 amide bonds. The number of aromatic nitrogens is 1. The van der Waals surface area contributed by atoms with Crippen molar-refractivity contribution < 1.29 is 29.3 Å². The van der Waals surface area contributed by atoms with Crippen molar-refractivity contribution in [3.63, 3.8) is 0 Å². The minimum atomic E-state index is 0. The van der Waals surface area contributed by atoms with Gasteiger partial charge in [0.15, 0.2) is 5.78 Å². The first-order valence-electron chi connectivity index (χ1n) is 18.1. The van der Waals surface area contributed by atoms with E-state index in [1.807, 2.05) is 33.9 Å². The van der Waals surface area contributed by atoms with Gasteiger partial charge >= 0.3 is 0 Å². The maximum atomic E-state index is 11.5. The molecular weight excluding hydrogens is 793 g/mol. The summed E-state index contributed by atoms with van der Waals surface area (Å²) in [7, 11) is 0. The Labute approximate surface area is 314 Å². The second-order valence-electron chi connectivity index (χ2n) is 17.2. The van der Waals surface area contributed by atoms with E-state index in [1.54, 1.807) is 6.08 Å². The van der Waals surface area contributed by atoms with E-state index in [4.69, 9.17) is 9.40 Å². The molecule has 5 aromatic rings. The van der Waals surface area contributed by atoms with E-state index in [0.717, 1.165) is 38.9 Å². The van der Waals surface area contributed by atoms with Crippen LogP contribution >= 0.6 is 0 Å². The Balaban J connectivity index is 0.000000321. The molecule has 2 aromatic heterocycles. The molecule has 5 heteroatoms. The van der Waals surface area contributed by atoms with Gasteiger partial charge in [0.1, 0.15) is 11.2 Å². The summed E-state index contributed by atoms with van der Waals surface area (Å²) >= 11 is 0. The molecule has 50 heavy (non-hydrogen) atoms. The zero-order valence-electron chi connectivity index (χ0n) is 32.5. The smallest absolute Gasteiger partial charge is 0.156 e. The number of pyridine rings is 1. The summed E-state index contributed by atoms with van der Waals surface area (Å²) in [6, 6.07) is 21.5. The standard InChI is InChI=1S/C33H34NO.C12H23NO.Ir/c1-31(2,3)25-17-21(16-20-10-8-9-11-22(20)25)29-30-23(12-15-34-29)24-18-26-27(19-28(24)35-30)33(6,7)14-13-32(26,4)5;1-8(2)11(13-10(5)6)7-12(14)9(3)4;/h8-12,15,17-19H,13-14H2,1-7H3;7-10H,1-6H3,(H,13,14);/q-1;;/p-1.